The van der Waals surface area contributed by atoms with E-state index in [4.69, 9.17) is 21.1 Å². The molecule has 1 amide bonds. The summed E-state index contributed by atoms with van der Waals surface area (Å²) in [6.45, 7) is 4.27. The van der Waals surface area contributed by atoms with E-state index in [1.807, 2.05) is 50.2 Å². The quantitative estimate of drug-likeness (QED) is 0.805. The molecule has 1 aliphatic rings. The molecule has 0 N–H and O–H groups in total. The molecule has 4 nitrogen and oxygen atoms in total. The van der Waals surface area contributed by atoms with Crippen molar-refractivity contribution in [3.63, 3.8) is 0 Å². The molecule has 1 fully saturated rings. The monoisotopic (exact) mass is 331 g/mol. The Kier molecular flexibility index (Phi) is 4.44. The van der Waals surface area contributed by atoms with Gasteiger partial charge in [-0.05, 0) is 55.8 Å². The predicted molar refractivity (Wildman–Crippen MR) is 90.2 cm³/mol. The first-order chi connectivity index (χ1) is 11.0. The standard InChI is InChI=1S/C18H18ClNO3/c1-12(2)23-16-5-3-4-13(10-16)17-11-22-18(21)20(17)15-8-6-14(19)7-9-15/h3-10,12,17H,11H2,1-2H3. The lowest BCUT2D eigenvalue weighted by Gasteiger charge is -2.22. The molecule has 2 aromatic rings. The highest BCUT2D eigenvalue weighted by Gasteiger charge is 2.35. The fourth-order valence-electron chi connectivity index (χ4n) is 2.62. The second kappa shape index (κ2) is 6.50. The van der Waals surface area contributed by atoms with Crippen LogP contribution in [-0.2, 0) is 4.74 Å². The summed E-state index contributed by atoms with van der Waals surface area (Å²) in [5, 5.41) is 0.630. The SMILES string of the molecule is CC(C)Oc1cccc(C2COC(=O)N2c2ccc(Cl)cc2)c1. The van der Waals surface area contributed by atoms with E-state index in [-0.39, 0.29) is 18.2 Å². The van der Waals surface area contributed by atoms with Crippen molar-refractivity contribution in [2.45, 2.75) is 26.0 Å². The number of hydrogen-bond acceptors (Lipinski definition) is 3. The zero-order chi connectivity index (χ0) is 16.4. The molecule has 0 radical (unpaired) electrons. The predicted octanol–water partition coefficient (Wildman–Crippen LogP) is 4.83. The third-order valence-corrected chi connectivity index (χ3v) is 3.84. The Hall–Kier alpha value is -2.20. The van der Waals surface area contributed by atoms with Crippen molar-refractivity contribution in [2.24, 2.45) is 0 Å². The van der Waals surface area contributed by atoms with Gasteiger partial charge in [0, 0.05) is 10.7 Å². The van der Waals surface area contributed by atoms with Gasteiger partial charge < -0.3 is 9.47 Å². The van der Waals surface area contributed by atoms with E-state index in [2.05, 4.69) is 0 Å². The minimum atomic E-state index is -0.354. The number of carbonyl (C=O) groups excluding carboxylic acids is 1. The Balaban J connectivity index is 1.91. The molecule has 0 bridgehead atoms. The van der Waals surface area contributed by atoms with Crippen molar-refractivity contribution in [3.05, 3.63) is 59.1 Å². The first-order valence-corrected chi connectivity index (χ1v) is 7.90. The summed E-state index contributed by atoms with van der Waals surface area (Å²) in [5.74, 6) is 0.785. The molecule has 120 valence electrons. The average molecular weight is 332 g/mol. The summed E-state index contributed by atoms with van der Waals surface area (Å²) < 4.78 is 11.0. The Morgan fingerprint density at radius 3 is 2.65 bits per heavy atom. The molecule has 2 aromatic carbocycles. The van der Waals surface area contributed by atoms with Gasteiger partial charge in [-0.15, -0.1) is 0 Å². The molecule has 3 rings (SSSR count). The number of anilines is 1. The van der Waals surface area contributed by atoms with E-state index >= 15 is 0 Å². The molecule has 1 unspecified atom stereocenters. The average Bonchev–Trinajstić information content (AvgIpc) is 2.89. The highest BCUT2D eigenvalue weighted by Crippen LogP contribution is 2.34. The van der Waals surface area contributed by atoms with Gasteiger partial charge in [0.2, 0.25) is 0 Å². The Morgan fingerprint density at radius 2 is 1.96 bits per heavy atom. The maximum atomic E-state index is 12.1. The second-order valence-electron chi connectivity index (χ2n) is 5.68. The van der Waals surface area contributed by atoms with Crippen LogP contribution in [0.2, 0.25) is 5.02 Å². The number of carbonyl (C=O) groups is 1. The van der Waals surface area contributed by atoms with Gasteiger partial charge in [0.1, 0.15) is 12.4 Å². The molecule has 1 aliphatic heterocycles. The van der Waals surface area contributed by atoms with Crippen LogP contribution in [0, 0.1) is 0 Å². The van der Waals surface area contributed by atoms with E-state index in [0.717, 1.165) is 17.0 Å². The van der Waals surface area contributed by atoms with E-state index in [1.165, 1.54) is 0 Å². The Bertz CT molecular complexity index is 700. The number of benzene rings is 2. The lowest BCUT2D eigenvalue weighted by molar-refractivity contribution is 0.179. The minimum Gasteiger partial charge on any atom is -0.491 e. The van der Waals surface area contributed by atoms with Crippen LogP contribution in [0.4, 0.5) is 10.5 Å². The largest absolute Gasteiger partial charge is 0.491 e. The molecule has 0 saturated carbocycles. The number of hydrogen-bond donors (Lipinski definition) is 0. The van der Waals surface area contributed by atoms with Gasteiger partial charge in [-0.2, -0.15) is 0 Å². The van der Waals surface area contributed by atoms with Crippen molar-refractivity contribution >= 4 is 23.4 Å². The van der Waals surface area contributed by atoms with E-state index < -0.39 is 0 Å². The van der Waals surface area contributed by atoms with Crippen molar-refractivity contribution < 1.29 is 14.3 Å². The highest BCUT2D eigenvalue weighted by atomic mass is 35.5. The van der Waals surface area contributed by atoms with Crippen molar-refractivity contribution in [2.75, 3.05) is 11.5 Å². The lowest BCUT2D eigenvalue weighted by atomic mass is 10.1. The van der Waals surface area contributed by atoms with E-state index in [0.29, 0.717) is 11.6 Å². The van der Waals surface area contributed by atoms with Crippen molar-refractivity contribution in [1.82, 2.24) is 0 Å². The maximum absolute atomic E-state index is 12.1. The van der Waals surface area contributed by atoms with Crippen LogP contribution < -0.4 is 9.64 Å². The van der Waals surface area contributed by atoms with Crippen LogP contribution in [0.25, 0.3) is 0 Å². The lowest BCUT2D eigenvalue weighted by Crippen LogP contribution is -2.27. The summed E-state index contributed by atoms with van der Waals surface area (Å²) in [7, 11) is 0. The molecule has 0 aromatic heterocycles. The number of ether oxygens (including phenoxy) is 2. The second-order valence-corrected chi connectivity index (χ2v) is 6.11. The van der Waals surface area contributed by atoms with E-state index in [9.17, 15) is 4.79 Å². The van der Waals surface area contributed by atoms with Gasteiger partial charge in [0.25, 0.3) is 0 Å². The molecular formula is C18H18ClNO3. The molecule has 1 saturated heterocycles. The van der Waals surface area contributed by atoms with Crippen LogP contribution in [-0.4, -0.2) is 18.8 Å². The third kappa shape index (κ3) is 3.42. The maximum Gasteiger partial charge on any atom is 0.415 e. The van der Waals surface area contributed by atoms with Gasteiger partial charge in [0.15, 0.2) is 0 Å². The Labute approximate surface area is 140 Å². The van der Waals surface area contributed by atoms with Crippen LogP contribution in [0.3, 0.4) is 0 Å². The zero-order valence-corrected chi connectivity index (χ0v) is 13.8. The number of halogens is 1. The van der Waals surface area contributed by atoms with Crippen molar-refractivity contribution in [1.29, 1.82) is 0 Å². The van der Waals surface area contributed by atoms with Crippen LogP contribution in [0.15, 0.2) is 48.5 Å². The fraction of sp³-hybridized carbons (Fsp3) is 0.278. The van der Waals surface area contributed by atoms with Crippen molar-refractivity contribution in [3.8, 4) is 5.75 Å². The fourth-order valence-corrected chi connectivity index (χ4v) is 2.75. The van der Waals surface area contributed by atoms with Crippen LogP contribution >= 0.6 is 11.6 Å². The molecule has 0 spiro atoms. The first-order valence-electron chi connectivity index (χ1n) is 7.53. The molecule has 1 heterocycles. The molecule has 5 heteroatoms. The first kappa shape index (κ1) is 15.7. The molecule has 0 aliphatic carbocycles. The molecular weight excluding hydrogens is 314 g/mol. The normalized spacial score (nSPS) is 17.5. The number of amides is 1. The smallest absolute Gasteiger partial charge is 0.415 e. The Morgan fingerprint density at radius 1 is 1.22 bits per heavy atom. The summed E-state index contributed by atoms with van der Waals surface area (Å²) >= 11 is 5.93. The van der Waals surface area contributed by atoms with Gasteiger partial charge in [0.05, 0.1) is 12.1 Å². The summed E-state index contributed by atoms with van der Waals surface area (Å²) in [6, 6.07) is 14.7. The van der Waals surface area contributed by atoms with E-state index in [1.54, 1.807) is 17.0 Å². The van der Waals surface area contributed by atoms with Gasteiger partial charge in [-0.3, -0.25) is 4.90 Å². The molecule has 1 atom stereocenters. The van der Waals surface area contributed by atoms with Crippen LogP contribution in [0.1, 0.15) is 25.5 Å². The van der Waals surface area contributed by atoms with Gasteiger partial charge >= 0.3 is 6.09 Å². The minimum absolute atomic E-state index is 0.0964. The summed E-state index contributed by atoms with van der Waals surface area (Å²) in [4.78, 5) is 13.8. The van der Waals surface area contributed by atoms with Gasteiger partial charge in [-0.25, -0.2) is 4.79 Å². The summed E-state index contributed by atoms with van der Waals surface area (Å²) in [5.41, 5.74) is 1.74. The number of nitrogens with zero attached hydrogens (tertiary/aromatic N) is 1. The highest BCUT2D eigenvalue weighted by molar-refractivity contribution is 6.30. The third-order valence-electron chi connectivity index (χ3n) is 3.59. The van der Waals surface area contributed by atoms with Crippen LogP contribution in [0.5, 0.6) is 5.75 Å². The number of rotatable bonds is 4. The zero-order valence-electron chi connectivity index (χ0n) is 13.0. The van der Waals surface area contributed by atoms with Gasteiger partial charge in [-0.1, -0.05) is 23.7 Å². The summed E-state index contributed by atoms with van der Waals surface area (Å²) in [6.07, 6.45) is -0.258. The number of cyclic esters (lactones) is 1. The topological polar surface area (TPSA) is 38.8 Å². The molecule has 23 heavy (non-hydrogen) atoms.